The van der Waals surface area contributed by atoms with Crippen molar-refractivity contribution in [1.29, 1.82) is 0 Å². The number of hydrogen-bond donors (Lipinski definition) is 1. The van der Waals surface area contributed by atoms with Crippen molar-refractivity contribution in [3.63, 3.8) is 0 Å². The van der Waals surface area contributed by atoms with E-state index in [-0.39, 0.29) is 29.6 Å². The third-order valence-corrected chi connectivity index (χ3v) is 3.31. The second kappa shape index (κ2) is 7.75. The number of aromatic hydroxyl groups is 1. The van der Waals surface area contributed by atoms with Gasteiger partial charge in [0, 0.05) is 11.5 Å². The maximum absolute atomic E-state index is 10.4. The smallest absolute Gasteiger partial charge is 0.238 e. The van der Waals surface area contributed by atoms with Gasteiger partial charge in [-0.05, 0) is 20.8 Å². The summed E-state index contributed by atoms with van der Waals surface area (Å²) in [6, 6.07) is 1.67. The largest absolute Gasteiger partial charge is 0.492 e. The van der Waals surface area contributed by atoms with Crippen molar-refractivity contribution in [2.45, 2.75) is 59.6 Å². The molecule has 2 heterocycles. The second-order valence-corrected chi connectivity index (χ2v) is 6.83. The molecule has 0 saturated carbocycles. The SMILES string of the molecule is CCOOCc1nn(C(C)C)c(O)c1/N=N/c1cc(C(C)(C)C)on1. The lowest BCUT2D eigenvalue weighted by molar-refractivity contribution is -0.301. The molecule has 0 fully saturated rings. The van der Waals surface area contributed by atoms with Crippen molar-refractivity contribution in [1.82, 2.24) is 14.9 Å². The molecule has 1 N–H and O–H groups in total. The molecular formula is C16H25N5O4. The number of nitrogens with zero attached hydrogens (tertiary/aromatic N) is 5. The number of aromatic nitrogens is 3. The highest BCUT2D eigenvalue weighted by atomic mass is 17.2. The van der Waals surface area contributed by atoms with E-state index in [2.05, 4.69) is 20.5 Å². The monoisotopic (exact) mass is 351 g/mol. The van der Waals surface area contributed by atoms with Gasteiger partial charge in [0.05, 0.1) is 12.6 Å². The van der Waals surface area contributed by atoms with E-state index < -0.39 is 0 Å². The molecule has 0 spiro atoms. The van der Waals surface area contributed by atoms with Gasteiger partial charge < -0.3 is 9.63 Å². The van der Waals surface area contributed by atoms with E-state index in [1.54, 1.807) is 6.07 Å². The van der Waals surface area contributed by atoms with Gasteiger partial charge in [0.1, 0.15) is 18.1 Å². The number of rotatable bonds is 7. The standard InChI is InChI=1S/C16H25N5O4/c1-7-23-24-9-11-14(15(22)21(19-11)10(2)3)18-17-13-8-12(25-20-13)16(4,5)6/h8,10,22H,7,9H2,1-6H3/b18-17+. The topological polar surface area (TPSA) is 107 Å². The fraction of sp³-hybridized carbons (Fsp3) is 0.625. The van der Waals surface area contributed by atoms with E-state index in [9.17, 15) is 5.11 Å². The first-order chi connectivity index (χ1) is 11.7. The van der Waals surface area contributed by atoms with Crippen LogP contribution >= 0.6 is 0 Å². The van der Waals surface area contributed by atoms with Crippen LogP contribution in [0, 0.1) is 0 Å². The highest BCUT2D eigenvalue weighted by molar-refractivity contribution is 5.51. The number of hydrogen-bond acceptors (Lipinski definition) is 8. The molecule has 0 unspecified atom stereocenters. The quantitative estimate of drug-likeness (QED) is 0.344. The van der Waals surface area contributed by atoms with Gasteiger partial charge in [-0.3, -0.25) is 0 Å². The van der Waals surface area contributed by atoms with Gasteiger partial charge in [-0.25, -0.2) is 14.5 Å². The summed E-state index contributed by atoms with van der Waals surface area (Å²) in [6.07, 6.45) is 0. The predicted octanol–water partition coefficient (Wildman–Crippen LogP) is 4.34. The maximum atomic E-state index is 10.4. The summed E-state index contributed by atoms with van der Waals surface area (Å²) < 4.78 is 6.72. The van der Waals surface area contributed by atoms with E-state index in [4.69, 9.17) is 14.3 Å². The van der Waals surface area contributed by atoms with Crippen LogP contribution in [0.1, 0.15) is 59.0 Å². The zero-order valence-corrected chi connectivity index (χ0v) is 15.5. The van der Waals surface area contributed by atoms with Crippen molar-refractivity contribution in [3.05, 3.63) is 17.5 Å². The van der Waals surface area contributed by atoms with Crippen LogP contribution in [-0.4, -0.2) is 26.7 Å². The predicted molar refractivity (Wildman–Crippen MR) is 90.1 cm³/mol. The van der Waals surface area contributed by atoms with Crippen LogP contribution in [0.25, 0.3) is 0 Å². The maximum Gasteiger partial charge on any atom is 0.238 e. The van der Waals surface area contributed by atoms with E-state index in [0.29, 0.717) is 23.9 Å². The lowest BCUT2D eigenvalue weighted by Crippen LogP contribution is -2.08. The first-order valence-electron chi connectivity index (χ1n) is 8.17. The first kappa shape index (κ1) is 19.1. The Hall–Kier alpha value is -2.26. The van der Waals surface area contributed by atoms with E-state index in [0.717, 1.165) is 0 Å². The highest BCUT2D eigenvalue weighted by Crippen LogP contribution is 2.35. The molecule has 0 aromatic carbocycles. The van der Waals surface area contributed by atoms with Crippen molar-refractivity contribution in [2.75, 3.05) is 6.61 Å². The molecule has 25 heavy (non-hydrogen) atoms. The Balaban J connectivity index is 2.28. The van der Waals surface area contributed by atoms with Crippen LogP contribution in [0.3, 0.4) is 0 Å². The molecule has 0 amide bonds. The minimum Gasteiger partial charge on any atom is -0.492 e. The zero-order chi connectivity index (χ0) is 18.6. The molecule has 9 nitrogen and oxygen atoms in total. The molecule has 2 aromatic heterocycles. The summed E-state index contributed by atoms with van der Waals surface area (Å²) in [5.74, 6) is 0.926. The molecule has 0 aliphatic carbocycles. The molecule has 0 radical (unpaired) electrons. The van der Waals surface area contributed by atoms with Crippen molar-refractivity contribution < 1.29 is 19.4 Å². The Bertz CT molecular complexity index is 727. The molecule has 0 aliphatic heterocycles. The van der Waals surface area contributed by atoms with Gasteiger partial charge in [-0.2, -0.15) is 5.10 Å². The fourth-order valence-electron chi connectivity index (χ4n) is 1.97. The van der Waals surface area contributed by atoms with Crippen LogP contribution in [0.2, 0.25) is 0 Å². The first-order valence-corrected chi connectivity index (χ1v) is 8.17. The Kier molecular flexibility index (Phi) is 5.91. The molecule has 0 aliphatic rings. The summed E-state index contributed by atoms with van der Waals surface area (Å²) >= 11 is 0. The third kappa shape index (κ3) is 4.64. The van der Waals surface area contributed by atoms with Crippen molar-refractivity contribution in [3.8, 4) is 5.88 Å². The third-order valence-electron chi connectivity index (χ3n) is 3.31. The highest BCUT2D eigenvalue weighted by Gasteiger charge is 2.21. The van der Waals surface area contributed by atoms with E-state index in [1.807, 2.05) is 41.5 Å². The van der Waals surface area contributed by atoms with Gasteiger partial charge in [0.15, 0.2) is 5.69 Å². The average molecular weight is 351 g/mol. The summed E-state index contributed by atoms with van der Waals surface area (Å²) in [6.45, 7) is 12.1. The van der Waals surface area contributed by atoms with Gasteiger partial charge in [0.2, 0.25) is 11.7 Å². The molecule has 9 heteroatoms. The summed E-state index contributed by atoms with van der Waals surface area (Å²) in [7, 11) is 0. The lowest BCUT2D eigenvalue weighted by atomic mass is 9.93. The minimum atomic E-state index is -0.179. The molecule has 2 rings (SSSR count). The molecule has 0 saturated heterocycles. The minimum absolute atomic E-state index is 0.0432. The van der Waals surface area contributed by atoms with Crippen LogP contribution in [0.4, 0.5) is 11.5 Å². The van der Waals surface area contributed by atoms with Crippen molar-refractivity contribution >= 4 is 11.5 Å². The number of azo groups is 1. The van der Waals surface area contributed by atoms with Crippen LogP contribution in [0.15, 0.2) is 20.8 Å². The molecule has 0 bridgehead atoms. The van der Waals surface area contributed by atoms with Crippen LogP contribution in [-0.2, 0) is 21.8 Å². The molecule has 138 valence electrons. The van der Waals surface area contributed by atoms with Gasteiger partial charge >= 0.3 is 0 Å². The molecule has 2 aromatic rings. The normalized spacial score (nSPS) is 12.6. The van der Waals surface area contributed by atoms with E-state index >= 15 is 0 Å². The Morgan fingerprint density at radius 3 is 2.56 bits per heavy atom. The molecule has 0 atom stereocenters. The summed E-state index contributed by atoms with van der Waals surface area (Å²) in [5, 5.41) is 26.7. The van der Waals surface area contributed by atoms with Gasteiger partial charge in [-0.1, -0.05) is 25.9 Å². The lowest BCUT2D eigenvalue weighted by Gasteiger charge is -2.11. The van der Waals surface area contributed by atoms with Crippen LogP contribution in [0.5, 0.6) is 5.88 Å². The summed E-state index contributed by atoms with van der Waals surface area (Å²) in [4.78, 5) is 9.91. The van der Waals surface area contributed by atoms with Gasteiger partial charge in [-0.15, -0.1) is 10.2 Å². The second-order valence-electron chi connectivity index (χ2n) is 6.83. The van der Waals surface area contributed by atoms with E-state index in [1.165, 1.54) is 4.68 Å². The Morgan fingerprint density at radius 2 is 2.00 bits per heavy atom. The fourth-order valence-corrected chi connectivity index (χ4v) is 1.97. The van der Waals surface area contributed by atoms with Crippen molar-refractivity contribution in [2.24, 2.45) is 10.2 Å². The summed E-state index contributed by atoms with van der Waals surface area (Å²) in [5.41, 5.74) is 0.457. The zero-order valence-electron chi connectivity index (χ0n) is 15.5. The van der Waals surface area contributed by atoms with Gasteiger partial charge in [0.25, 0.3) is 0 Å². The van der Waals surface area contributed by atoms with Crippen LogP contribution < -0.4 is 0 Å². The Labute approximate surface area is 146 Å². The average Bonchev–Trinajstić information content (AvgIpc) is 3.11. The molecular weight excluding hydrogens is 326 g/mol. The Morgan fingerprint density at radius 1 is 1.28 bits per heavy atom.